The Balaban J connectivity index is 2.02. The number of hydrogen-bond acceptors (Lipinski definition) is 2. The van der Waals surface area contributed by atoms with E-state index in [0.717, 1.165) is 12.1 Å². The number of carbonyl (C=O) groups excluding carboxylic acids is 1. The first-order valence-electron chi connectivity index (χ1n) is 7.40. The van der Waals surface area contributed by atoms with Crippen LogP contribution in [0.2, 0.25) is 0 Å². The fourth-order valence-corrected chi connectivity index (χ4v) is 2.50. The molecule has 1 aromatic heterocycles. The number of amides is 1. The minimum absolute atomic E-state index is 0.365. The normalized spacial score (nSPS) is 11.5. The maximum Gasteiger partial charge on any atom is 0.416 e. The van der Waals surface area contributed by atoms with Gasteiger partial charge < -0.3 is 5.73 Å². The summed E-state index contributed by atoms with van der Waals surface area (Å²) in [5.41, 5.74) is 7.53. The van der Waals surface area contributed by atoms with E-state index in [1.54, 1.807) is 41.9 Å². The molecular weight excluding hydrogens is 331 g/mol. The van der Waals surface area contributed by atoms with Crippen molar-refractivity contribution in [3.63, 3.8) is 0 Å². The summed E-state index contributed by atoms with van der Waals surface area (Å²) in [5, 5.41) is 4.38. The van der Waals surface area contributed by atoms with Crippen LogP contribution in [-0.4, -0.2) is 15.7 Å². The Morgan fingerprint density at radius 1 is 1.04 bits per heavy atom. The van der Waals surface area contributed by atoms with Crippen molar-refractivity contribution in [2.75, 3.05) is 0 Å². The van der Waals surface area contributed by atoms with Crippen molar-refractivity contribution in [1.29, 1.82) is 0 Å². The molecule has 3 aromatic rings. The minimum Gasteiger partial charge on any atom is -0.366 e. The predicted molar refractivity (Wildman–Crippen MR) is 87.3 cm³/mol. The maximum atomic E-state index is 12.7. The summed E-state index contributed by atoms with van der Waals surface area (Å²) in [7, 11) is 0. The van der Waals surface area contributed by atoms with Crippen LogP contribution < -0.4 is 5.73 Å². The molecule has 3 rings (SSSR count). The van der Waals surface area contributed by atoms with Gasteiger partial charge in [-0.25, -0.2) is 4.68 Å². The van der Waals surface area contributed by atoms with Crippen LogP contribution in [0.15, 0.2) is 54.6 Å². The van der Waals surface area contributed by atoms with Gasteiger partial charge in [0, 0.05) is 11.1 Å². The fraction of sp³-hybridized carbons (Fsp3) is 0.111. The second-order valence-corrected chi connectivity index (χ2v) is 5.57. The van der Waals surface area contributed by atoms with Gasteiger partial charge in [0.05, 0.1) is 22.6 Å². The van der Waals surface area contributed by atoms with Crippen molar-refractivity contribution in [2.24, 2.45) is 5.73 Å². The molecule has 0 atom stereocenters. The van der Waals surface area contributed by atoms with Gasteiger partial charge in [0.1, 0.15) is 0 Å². The number of nitrogens with two attached hydrogens (primary N) is 1. The molecule has 2 aromatic carbocycles. The van der Waals surface area contributed by atoms with Gasteiger partial charge in [0.2, 0.25) is 5.91 Å². The van der Waals surface area contributed by atoms with Gasteiger partial charge in [-0.3, -0.25) is 4.79 Å². The zero-order chi connectivity index (χ0) is 18.2. The van der Waals surface area contributed by atoms with Gasteiger partial charge in [-0.2, -0.15) is 18.3 Å². The lowest BCUT2D eigenvalue weighted by Gasteiger charge is -2.10. The summed E-state index contributed by atoms with van der Waals surface area (Å²) < 4.78 is 39.8. The molecule has 25 heavy (non-hydrogen) atoms. The van der Waals surface area contributed by atoms with Gasteiger partial charge in [0.15, 0.2) is 0 Å². The van der Waals surface area contributed by atoms with Crippen LogP contribution in [0.3, 0.4) is 0 Å². The molecule has 0 saturated carbocycles. The van der Waals surface area contributed by atoms with Crippen molar-refractivity contribution in [3.05, 3.63) is 71.4 Å². The van der Waals surface area contributed by atoms with E-state index in [-0.39, 0.29) is 0 Å². The highest BCUT2D eigenvalue weighted by molar-refractivity contribution is 5.92. The van der Waals surface area contributed by atoms with Gasteiger partial charge in [-0.1, -0.05) is 12.1 Å². The standard InChI is InChI=1S/C18H14F3N3O/c1-11-10-16(12-2-6-14(7-3-12)18(19,20)21)24(23-11)15-8-4-13(5-9-15)17(22)25/h2-10H,1H3,(H2,22,25). The molecule has 1 amide bonds. The molecular formula is C18H14F3N3O. The summed E-state index contributed by atoms with van der Waals surface area (Å²) in [5.74, 6) is -0.536. The molecule has 0 spiro atoms. The van der Waals surface area contributed by atoms with Crippen molar-refractivity contribution in [3.8, 4) is 16.9 Å². The molecule has 0 bridgehead atoms. The first kappa shape index (κ1) is 16.8. The third-order valence-corrected chi connectivity index (χ3v) is 3.74. The molecule has 4 nitrogen and oxygen atoms in total. The molecule has 0 aliphatic rings. The third kappa shape index (κ3) is 3.40. The van der Waals surface area contributed by atoms with Crippen LogP contribution in [0.4, 0.5) is 13.2 Å². The highest BCUT2D eigenvalue weighted by Crippen LogP contribution is 2.31. The average molecular weight is 345 g/mol. The number of hydrogen-bond donors (Lipinski definition) is 1. The molecule has 0 aliphatic carbocycles. The summed E-state index contributed by atoms with van der Waals surface area (Å²) in [6, 6.07) is 13.2. The van der Waals surface area contributed by atoms with Crippen LogP contribution in [0.25, 0.3) is 16.9 Å². The van der Waals surface area contributed by atoms with Crippen LogP contribution in [0.1, 0.15) is 21.6 Å². The zero-order valence-electron chi connectivity index (χ0n) is 13.2. The summed E-state index contributed by atoms with van der Waals surface area (Å²) in [6.45, 7) is 1.79. The molecule has 2 N–H and O–H groups in total. The van der Waals surface area contributed by atoms with Crippen molar-refractivity contribution < 1.29 is 18.0 Å². The SMILES string of the molecule is Cc1cc(-c2ccc(C(F)(F)F)cc2)n(-c2ccc(C(N)=O)cc2)n1. The van der Waals surface area contributed by atoms with Crippen LogP contribution in [-0.2, 0) is 6.18 Å². The van der Waals surface area contributed by atoms with Crippen molar-refractivity contribution >= 4 is 5.91 Å². The monoisotopic (exact) mass is 345 g/mol. The fourth-order valence-electron chi connectivity index (χ4n) is 2.50. The number of halogens is 3. The lowest BCUT2D eigenvalue weighted by atomic mass is 10.1. The third-order valence-electron chi connectivity index (χ3n) is 3.74. The molecule has 0 radical (unpaired) electrons. The average Bonchev–Trinajstić information content (AvgIpc) is 2.96. The Morgan fingerprint density at radius 2 is 1.64 bits per heavy atom. The molecule has 7 heteroatoms. The molecule has 0 fully saturated rings. The van der Waals surface area contributed by atoms with Gasteiger partial charge in [-0.05, 0) is 49.4 Å². The zero-order valence-corrected chi connectivity index (χ0v) is 13.2. The first-order valence-corrected chi connectivity index (χ1v) is 7.40. The van der Waals surface area contributed by atoms with Crippen molar-refractivity contribution in [1.82, 2.24) is 9.78 Å². The minimum atomic E-state index is -4.38. The quantitative estimate of drug-likeness (QED) is 0.781. The number of aromatic nitrogens is 2. The van der Waals surface area contributed by atoms with E-state index in [1.807, 2.05) is 0 Å². The largest absolute Gasteiger partial charge is 0.416 e. The van der Waals surface area contributed by atoms with E-state index in [2.05, 4.69) is 5.10 Å². The van der Waals surface area contributed by atoms with E-state index in [0.29, 0.717) is 28.2 Å². The Kier molecular flexibility index (Phi) is 4.08. The number of primary amides is 1. The Hall–Kier alpha value is -3.09. The number of benzene rings is 2. The van der Waals surface area contributed by atoms with Crippen LogP contribution in [0.5, 0.6) is 0 Å². The smallest absolute Gasteiger partial charge is 0.366 e. The lowest BCUT2D eigenvalue weighted by molar-refractivity contribution is -0.137. The predicted octanol–water partition coefficient (Wildman–Crippen LogP) is 3.97. The molecule has 128 valence electrons. The summed E-state index contributed by atoms with van der Waals surface area (Å²) in [4.78, 5) is 11.2. The van der Waals surface area contributed by atoms with E-state index in [9.17, 15) is 18.0 Å². The molecule has 0 unspecified atom stereocenters. The van der Waals surface area contributed by atoms with E-state index in [1.165, 1.54) is 12.1 Å². The second-order valence-electron chi connectivity index (χ2n) is 5.57. The Morgan fingerprint density at radius 3 is 2.16 bits per heavy atom. The van der Waals surface area contributed by atoms with Gasteiger partial charge in [-0.15, -0.1) is 0 Å². The topological polar surface area (TPSA) is 60.9 Å². The first-order chi connectivity index (χ1) is 11.8. The molecule has 0 aliphatic heterocycles. The number of carbonyl (C=O) groups is 1. The van der Waals surface area contributed by atoms with Crippen molar-refractivity contribution in [2.45, 2.75) is 13.1 Å². The summed E-state index contributed by atoms with van der Waals surface area (Å²) >= 11 is 0. The van der Waals surface area contributed by atoms with Gasteiger partial charge in [0.25, 0.3) is 0 Å². The number of alkyl halides is 3. The maximum absolute atomic E-state index is 12.7. The molecule has 1 heterocycles. The van der Waals surface area contributed by atoms with Crippen LogP contribution >= 0.6 is 0 Å². The summed E-state index contributed by atoms with van der Waals surface area (Å²) in [6.07, 6.45) is -4.38. The Bertz CT molecular complexity index is 910. The number of rotatable bonds is 3. The highest BCUT2D eigenvalue weighted by atomic mass is 19.4. The van der Waals surface area contributed by atoms with E-state index in [4.69, 9.17) is 5.73 Å². The lowest BCUT2D eigenvalue weighted by Crippen LogP contribution is -2.11. The number of nitrogens with zero attached hydrogens (tertiary/aromatic N) is 2. The van der Waals surface area contributed by atoms with E-state index < -0.39 is 17.6 Å². The second kappa shape index (κ2) is 6.08. The molecule has 0 saturated heterocycles. The number of aryl methyl sites for hydroxylation is 1. The van der Waals surface area contributed by atoms with Gasteiger partial charge >= 0.3 is 6.18 Å². The van der Waals surface area contributed by atoms with Crippen LogP contribution in [0, 0.1) is 6.92 Å². The highest BCUT2D eigenvalue weighted by Gasteiger charge is 2.30. The van der Waals surface area contributed by atoms with E-state index >= 15 is 0 Å². The Labute approximate surface area is 141 Å².